The van der Waals surface area contributed by atoms with E-state index in [0.29, 0.717) is 31.2 Å². The SMILES string of the molecule is Nc1cc([N+](=O)[O-])cc(C(=O)O)c1[C@H]1CC[C@@H](O)CC1. The van der Waals surface area contributed by atoms with Crippen molar-refractivity contribution in [2.24, 2.45) is 0 Å². The van der Waals surface area contributed by atoms with Crippen molar-refractivity contribution in [1.29, 1.82) is 0 Å². The molecule has 1 fully saturated rings. The third kappa shape index (κ3) is 2.72. The lowest BCUT2D eigenvalue weighted by molar-refractivity contribution is -0.384. The monoisotopic (exact) mass is 280 g/mol. The van der Waals surface area contributed by atoms with Crippen LogP contribution >= 0.6 is 0 Å². The molecular formula is C13H16N2O5. The number of hydrogen-bond acceptors (Lipinski definition) is 5. The predicted octanol–water partition coefficient (Wildman–Crippen LogP) is 1.89. The first-order valence-corrected chi connectivity index (χ1v) is 6.39. The van der Waals surface area contributed by atoms with Gasteiger partial charge in [-0.05, 0) is 37.2 Å². The lowest BCUT2D eigenvalue weighted by Crippen LogP contribution is -2.20. The first-order chi connectivity index (χ1) is 9.40. The predicted molar refractivity (Wildman–Crippen MR) is 71.7 cm³/mol. The molecule has 1 aliphatic carbocycles. The zero-order valence-electron chi connectivity index (χ0n) is 10.8. The number of benzene rings is 1. The van der Waals surface area contributed by atoms with Crippen LogP contribution in [0, 0.1) is 10.1 Å². The van der Waals surface area contributed by atoms with Crippen molar-refractivity contribution in [2.75, 3.05) is 5.73 Å². The van der Waals surface area contributed by atoms with Gasteiger partial charge in [0.1, 0.15) is 0 Å². The minimum Gasteiger partial charge on any atom is -0.478 e. The molecule has 0 amide bonds. The average molecular weight is 280 g/mol. The summed E-state index contributed by atoms with van der Waals surface area (Å²) in [6.45, 7) is 0. The Morgan fingerprint density at radius 1 is 1.30 bits per heavy atom. The van der Waals surface area contributed by atoms with Crippen LogP contribution in [0.3, 0.4) is 0 Å². The summed E-state index contributed by atoms with van der Waals surface area (Å²) < 4.78 is 0. The van der Waals surface area contributed by atoms with Crippen molar-refractivity contribution in [3.63, 3.8) is 0 Å². The van der Waals surface area contributed by atoms with E-state index in [1.807, 2.05) is 0 Å². The molecule has 108 valence electrons. The highest BCUT2D eigenvalue weighted by Gasteiger charge is 2.28. The van der Waals surface area contributed by atoms with Gasteiger partial charge in [-0.1, -0.05) is 0 Å². The summed E-state index contributed by atoms with van der Waals surface area (Å²) in [4.78, 5) is 21.5. The summed E-state index contributed by atoms with van der Waals surface area (Å²) in [5, 5.41) is 29.5. The number of aliphatic hydroxyl groups excluding tert-OH is 1. The van der Waals surface area contributed by atoms with Crippen molar-refractivity contribution in [3.05, 3.63) is 33.4 Å². The Morgan fingerprint density at radius 2 is 1.90 bits per heavy atom. The maximum absolute atomic E-state index is 11.3. The van der Waals surface area contributed by atoms with Gasteiger partial charge in [-0.15, -0.1) is 0 Å². The number of nitro benzene ring substituents is 1. The van der Waals surface area contributed by atoms with Crippen molar-refractivity contribution in [3.8, 4) is 0 Å². The molecule has 1 aromatic carbocycles. The molecule has 0 heterocycles. The summed E-state index contributed by atoms with van der Waals surface area (Å²) >= 11 is 0. The number of aromatic carboxylic acids is 1. The van der Waals surface area contributed by atoms with Crippen LogP contribution in [-0.4, -0.2) is 27.2 Å². The van der Waals surface area contributed by atoms with E-state index in [0.717, 1.165) is 6.07 Å². The molecule has 0 aromatic heterocycles. The quantitative estimate of drug-likeness (QED) is 0.441. The number of nitrogens with two attached hydrogens (primary N) is 1. The molecule has 0 saturated heterocycles. The van der Waals surface area contributed by atoms with Gasteiger partial charge in [-0.3, -0.25) is 10.1 Å². The lowest BCUT2D eigenvalue weighted by Gasteiger charge is -2.27. The van der Waals surface area contributed by atoms with E-state index < -0.39 is 10.9 Å². The van der Waals surface area contributed by atoms with Gasteiger partial charge < -0.3 is 15.9 Å². The lowest BCUT2D eigenvalue weighted by atomic mass is 9.80. The molecule has 4 N–H and O–H groups in total. The van der Waals surface area contributed by atoms with Gasteiger partial charge in [-0.2, -0.15) is 0 Å². The first-order valence-electron chi connectivity index (χ1n) is 6.39. The largest absolute Gasteiger partial charge is 0.478 e. The Balaban J connectivity index is 2.46. The van der Waals surface area contributed by atoms with Crippen LogP contribution in [0.5, 0.6) is 0 Å². The van der Waals surface area contributed by atoms with Crippen LogP contribution in [0.2, 0.25) is 0 Å². The second-order valence-electron chi connectivity index (χ2n) is 5.06. The minimum atomic E-state index is -1.22. The van der Waals surface area contributed by atoms with Crippen LogP contribution in [0.25, 0.3) is 0 Å². The van der Waals surface area contributed by atoms with Gasteiger partial charge in [0, 0.05) is 17.8 Å². The fraction of sp³-hybridized carbons (Fsp3) is 0.462. The fourth-order valence-corrected chi connectivity index (χ4v) is 2.76. The van der Waals surface area contributed by atoms with Crippen molar-refractivity contribution < 1.29 is 19.9 Å². The topological polar surface area (TPSA) is 127 Å². The molecule has 0 radical (unpaired) electrons. The molecule has 0 bridgehead atoms. The molecule has 7 heteroatoms. The van der Waals surface area contributed by atoms with Gasteiger partial charge >= 0.3 is 5.97 Å². The molecular weight excluding hydrogens is 264 g/mol. The van der Waals surface area contributed by atoms with Crippen molar-refractivity contribution in [2.45, 2.75) is 37.7 Å². The second kappa shape index (κ2) is 5.46. The first kappa shape index (κ1) is 14.3. The molecule has 1 aromatic rings. The molecule has 1 aliphatic rings. The number of nitro groups is 1. The summed E-state index contributed by atoms with van der Waals surface area (Å²) in [5.74, 6) is -1.30. The zero-order chi connectivity index (χ0) is 14.9. The normalized spacial score (nSPS) is 22.4. The van der Waals surface area contributed by atoms with Crippen molar-refractivity contribution in [1.82, 2.24) is 0 Å². The summed E-state index contributed by atoms with van der Waals surface area (Å²) in [6, 6.07) is 2.26. The number of anilines is 1. The summed E-state index contributed by atoms with van der Waals surface area (Å²) in [7, 11) is 0. The van der Waals surface area contributed by atoms with E-state index in [9.17, 15) is 25.1 Å². The van der Waals surface area contributed by atoms with Gasteiger partial charge in [0.25, 0.3) is 5.69 Å². The molecule has 0 aliphatic heterocycles. The molecule has 0 spiro atoms. The molecule has 0 atom stereocenters. The van der Waals surface area contributed by atoms with E-state index in [1.165, 1.54) is 6.07 Å². The Hall–Kier alpha value is -2.15. The van der Waals surface area contributed by atoms with Gasteiger partial charge in [0.05, 0.1) is 16.6 Å². The molecule has 2 rings (SSSR count). The number of nitrogens with zero attached hydrogens (tertiary/aromatic N) is 1. The fourth-order valence-electron chi connectivity index (χ4n) is 2.76. The number of non-ortho nitro benzene ring substituents is 1. The maximum Gasteiger partial charge on any atom is 0.336 e. The number of hydrogen-bond donors (Lipinski definition) is 3. The van der Waals surface area contributed by atoms with Crippen molar-refractivity contribution >= 4 is 17.3 Å². The number of carboxylic acids is 1. The van der Waals surface area contributed by atoms with E-state index >= 15 is 0 Å². The smallest absolute Gasteiger partial charge is 0.336 e. The van der Waals surface area contributed by atoms with Crippen LogP contribution in [0.15, 0.2) is 12.1 Å². The summed E-state index contributed by atoms with van der Waals surface area (Å²) in [5.41, 5.74) is 5.99. The van der Waals surface area contributed by atoms with Crippen LogP contribution in [-0.2, 0) is 0 Å². The molecule has 0 unspecified atom stereocenters. The highest BCUT2D eigenvalue weighted by Crippen LogP contribution is 2.39. The van der Waals surface area contributed by atoms with E-state index in [1.54, 1.807) is 0 Å². The number of aliphatic hydroxyl groups is 1. The number of nitrogen functional groups attached to an aromatic ring is 1. The van der Waals surface area contributed by atoms with E-state index in [4.69, 9.17) is 5.73 Å². The highest BCUT2D eigenvalue weighted by atomic mass is 16.6. The third-order valence-electron chi connectivity index (χ3n) is 3.74. The average Bonchev–Trinajstić information content (AvgIpc) is 2.39. The van der Waals surface area contributed by atoms with Gasteiger partial charge in [-0.25, -0.2) is 4.79 Å². The minimum absolute atomic E-state index is 0.0784. The Kier molecular flexibility index (Phi) is 3.89. The van der Waals surface area contributed by atoms with E-state index in [2.05, 4.69) is 0 Å². The van der Waals surface area contributed by atoms with Gasteiger partial charge in [0.2, 0.25) is 0 Å². The van der Waals surface area contributed by atoms with E-state index in [-0.39, 0.29) is 29.0 Å². The van der Waals surface area contributed by atoms with Crippen LogP contribution in [0.1, 0.15) is 47.5 Å². The third-order valence-corrected chi connectivity index (χ3v) is 3.74. The molecule has 1 saturated carbocycles. The van der Waals surface area contributed by atoms with Crippen LogP contribution < -0.4 is 5.73 Å². The highest BCUT2D eigenvalue weighted by molar-refractivity contribution is 5.92. The maximum atomic E-state index is 11.3. The summed E-state index contributed by atoms with van der Waals surface area (Å²) in [6.07, 6.45) is 2.06. The van der Waals surface area contributed by atoms with Gasteiger partial charge in [0.15, 0.2) is 0 Å². The standard InChI is InChI=1S/C13H16N2O5/c14-11-6-8(15(19)20)5-10(13(17)18)12(11)7-1-3-9(16)4-2-7/h5-7,9,16H,1-4,14H2,(H,17,18)/t7-,9+. The zero-order valence-corrected chi connectivity index (χ0v) is 10.8. The molecule has 7 nitrogen and oxygen atoms in total. The molecule has 20 heavy (non-hydrogen) atoms. The second-order valence-corrected chi connectivity index (χ2v) is 5.06. The number of rotatable bonds is 3. The number of carboxylic acid groups (broad SMARTS) is 1. The Labute approximate surface area is 115 Å². The number of carbonyl (C=O) groups is 1. The Morgan fingerprint density at radius 3 is 2.40 bits per heavy atom. The van der Waals surface area contributed by atoms with Crippen LogP contribution in [0.4, 0.5) is 11.4 Å². The Bertz CT molecular complexity index is 550.